The van der Waals surface area contributed by atoms with E-state index >= 15 is 4.39 Å². The van der Waals surface area contributed by atoms with Crippen molar-refractivity contribution in [2.75, 3.05) is 7.11 Å². The Morgan fingerprint density at radius 2 is 1.95 bits per heavy atom. The third-order valence-corrected chi connectivity index (χ3v) is 8.87. The van der Waals surface area contributed by atoms with Crippen LogP contribution < -0.4 is 10.5 Å². The van der Waals surface area contributed by atoms with E-state index in [1.54, 1.807) is 24.4 Å². The van der Waals surface area contributed by atoms with Gasteiger partial charge in [-0.15, -0.1) is 0 Å². The minimum Gasteiger partial charge on any atom is -0.496 e. The Bertz CT molecular complexity index is 1610. The quantitative estimate of drug-likeness (QED) is 0.154. The second kappa shape index (κ2) is 13.0. The second-order valence-electron chi connectivity index (χ2n) is 11.4. The van der Waals surface area contributed by atoms with Gasteiger partial charge in [-0.2, -0.15) is 0 Å². The fourth-order valence-electron chi connectivity index (χ4n) is 6.37. The third kappa shape index (κ3) is 6.00. The lowest BCUT2D eigenvalue weighted by Gasteiger charge is -2.26. The molecule has 1 fully saturated rings. The van der Waals surface area contributed by atoms with Gasteiger partial charge in [0, 0.05) is 52.6 Å². The Morgan fingerprint density at radius 1 is 1.19 bits per heavy atom. The van der Waals surface area contributed by atoms with Gasteiger partial charge in [0.25, 0.3) is 0 Å². The molecular formula is C36H39FN4O2. The molecule has 2 aliphatic carbocycles. The maximum atomic E-state index is 15.6. The number of Topliss-reactive ketones (excluding diaryl/α,β-unsaturated/α-hetero) is 1. The molecule has 222 valence electrons. The van der Waals surface area contributed by atoms with Crippen LogP contribution in [0.5, 0.6) is 5.75 Å². The van der Waals surface area contributed by atoms with E-state index < -0.39 is 5.82 Å². The van der Waals surface area contributed by atoms with Crippen molar-refractivity contribution in [3.05, 3.63) is 101 Å². The summed E-state index contributed by atoms with van der Waals surface area (Å²) in [6.45, 7) is 5.74. The van der Waals surface area contributed by atoms with Crippen LogP contribution in [0.15, 0.2) is 71.9 Å². The fourth-order valence-corrected chi connectivity index (χ4v) is 6.37. The number of fused-ring (bicyclic) bond motifs is 1. The molecule has 2 aromatic carbocycles. The van der Waals surface area contributed by atoms with E-state index in [1.807, 2.05) is 37.3 Å². The molecule has 0 amide bonds. The number of benzene rings is 2. The minimum absolute atomic E-state index is 0.0535. The van der Waals surface area contributed by atoms with Crippen molar-refractivity contribution in [2.24, 2.45) is 22.6 Å². The summed E-state index contributed by atoms with van der Waals surface area (Å²) in [7, 11) is 1.50. The molecule has 1 heterocycles. The molecule has 0 spiro atoms. The Hall–Kier alpha value is -4.23. The maximum absolute atomic E-state index is 15.6. The first-order valence-corrected chi connectivity index (χ1v) is 15.0. The maximum Gasteiger partial charge on any atom is 0.168 e. The van der Waals surface area contributed by atoms with Crippen LogP contribution in [0.3, 0.4) is 0 Å². The molecular weight excluding hydrogens is 539 g/mol. The summed E-state index contributed by atoms with van der Waals surface area (Å²) in [6.07, 6.45) is 14.1. The van der Waals surface area contributed by atoms with E-state index in [2.05, 4.69) is 6.58 Å². The summed E-state index contributed by atoms with van der Waals surface area (Å²) in [5.41, 5.74) is 11.8. The van der Waals surface area contributed by atoms with Gasteiger partial charge < -0.3 is 15.9 Å². The van der Waals surface area contributed by atoms with Gasteiger partial charge in [0.2, 0.25) is 0 Å². The predicted molar refractivity (Wildman–Crippen MR) is 173 cm³/mol. The van der Waals surface area contributed by atoms with Crippen molar-refractivity contribution in [1.82, 2.24) is 0 Å². The van der Waals surface area contributed by atoms with Crippen molar-refractivity contribution in [1.29, 1.82) is 10.8 Å². The van der Waals surface area contributed by atoms with Crippen LogP contribution in [0.1, 0.15) is 78.1 Å². The number of rotatable bonds is 10. The number of halogens is 1. The lowest BCUT2D eigenvalue weighted by molar-refractivity contribution is 0.0998. The number of carbonyl (C=O) groups is 1. The van der Waals surface area contributed by atoms with E-state index in [9.17, 15) is 10.2 Å². The predicted octanol–water partition coefficient (Wildman–Crippen LogP) is 7.52. The van der Waals surface area contributed by atoms with E-state index in [0.29, 0.717) is 69.1 Å². The molecule has 1 aliphatic heterocycles. The Labute approximate surface area is 253 Å². The van der Waals surface area contributed by atoms with Gasteiger partial charge in [-0.1, -0.05) is 49.9 Å². The molecule has 0 saturated heterocycles. The van der Waals surface area contributed by atoms with Crippen LogP contribution in [-0.4, -0.2) is 36.1 Å². The summed E-state index contributed by atoms with van der Waals surface area (Å²) in [4.78, 5) is 18.0. The SMILES string of the molecule is C=Cc1c(OC)ccc(C2=CN=C3C(C(=N)c4ccc(C(=O)CC(=N)C5CCC(N)CC5)c(CC)c4)=CCC=CC23)c1F. The largest absolute Gasteiger partial charge is 0.496 e. The number of aryl methyl sites for hydroxylation is 1. The number of nitrogens with two attached hydrogens (primary N) is 1. The summed E-state index contributed by atoms with van der Waals surface area (Å²) in [5, 5.41) is 17.7. The number of nitrogens with one attached hydrogen (secondary N) is 2. The average molecular weight is 579 g/mol. The molecule has 0 bridgehead atoms. The van der Waals surface area contributed by atoms with Crippen LogP contribution in [0.2, 0.25) is 0 Å². The van der Waals surface area contributed by atoms with Gasteiger partial charge in [-0.05, 0) is 73.8 Å². The van der Waals surface area contributed by atoms with Crippen molar-refractivity contribution in [3.8, 4) is 5.75 Å². The number of ether oxygens (including phenoxy) is 1. The van der Waals surface area contributed by atoms with Crippen molar-refractivity contribution in [2.45, 2.75) is 57.9 Å². The summed E-state index contributed by atoms with van der Waals surface area (Å²) in [5.74, 6) is -0.226. The molecule has 3 aliphatic rings. The summed E-state index contributed by atoms with van der Waals surface area (Å²) < 4.78 is 20.9. The molecule has 1 unspecified atom stereocenters. The highest BCUT2D eigenvalue weighted by molar-refractivity contribution is 6.32. The van der Waals surface area contributed by atoms with Crippen LogP contribution in [0.4, 0.5) is 4.39 Å². The van der Waals surface area contributed by atoms with Crippen molar-refractivity contribution >= 4 is 34.6 Å². The lowest BCUT2D eigenvalue weighted by Crippen LogP contribution is -2.30. The van der Waals surface area contributed by atoms with Crippen LogP contribution >= 0.6 is 0 Å². The molecule has 4 N–H and O–H groups in total. The summed E-state index contributed by atoms with van der Waals surface area (Å²) in [6, 6.07) is 9.16. The minimum atomic E-state index is -0.414. The molecule has 43 heavy (non-hydrogen) atoms. The zero-order valence-corrected chi connectivity index (χ0v) is 24.9. The Balaban J connectivity index is 1.36. The van der Waals surface area contributed by atoms with Gasteiger partial charge in [0.05, 0.1) is 24.1 Å². The molecule has 7 heteroatoms. The molecule has 6 nitrogen and oxygen atoms in total. The highest BCUT2D eigenvalue weighted by atomic mass is 19.1. The van der Waals surface area contributed by atoms with E-state index in [1.165, 1.54) is 13.2 Å². The fraction of sp³-hybridized carbons (Fsp3) is 0.333. The lowest BCUT2D eigenvalue weighted by atomic mass is 9.81. The number of allylic oxidation sites excluding steroid dienone is 5. The number of aliphatic imine (C=N–C) groups is 1. The molecule has 2 aromatic rings. The number of ketones is 1. The normalized spacial score (nSPS) is 21.2. The number of hydrogen-bond donors (Lipinski definition) is 3. The van der Waals surface area contributed by atoms with Gasteiger partial charge >= 0.3 is 0 Å². The monoisotopic (exact) mass is 578 g/mol. The first-order valence-electron chi connectivity index (χ1n) is 15.0. The van der Waals surface area contributed by atoms with E-state index in [0.717, 1.165) is 31.2 Å². The molecule has 0 aromatic heterocycles. The standard InChI is InChI=1S/C36H39FN4O2/c1-4-21-18-23(12-15-26(21)32(42)19-31(39)22-10-13-24(38)14-11-22)35(40)29-9-7-6-8-28-30(20-41-36(28)29)27-16-17-33(43-3)25(5-2)34(27)37/h5-6,8-9,12,15-18,20,22,24,28,39-40H,2,4,7,10-11,13-14,19,38H2,1,3H3. The van der Waals surface area contributed by atoms with Crippen molar-refractivity contribution in [3.63, 3.8) is 0 Å². The van der Waals surface area contributed by atoms with Crippen molar-refractivity contribution < 1.29 is 13.9 Å². The zero-order valence-electron chi connectivity index (χ0n) is 24.9. The first kappa shape index (κ1) is 30.2. The average Bonchev–Trinajstić information content (AvgIpc) is 3.31. The highest BCUT2D eigenvalue weighted by Crippen LogP contribution is 2.39. The zero-order chi connectivity index (χ0) is 30.7. The van der Waals surface area contributed by atoms with Crippen LogP contribution in [-0.2, 0) is 6.42 Å². The van der Waals surface area contributed by atoms with E-state index in [4.69, 9.17) is 20.9 Å². The number of methoxy groups -OCH3 is 1. The molecule has 1 saturated carbocycles. The number of nitrogens with zero attached hydrogens (tertiary/aromatic N) is 1. The second-order valence-corrected chi connectivity index (χ2v) is 11.4. The van der Waals surface area contributed by atoms with Crippen LogP contribution in [0, 0.1) is 28.5 Å². The number of hydrogen-bond acceptors (Lipinski definition) is 6. The summed E-state index contributed by atoms with van der Waals surface area (Å²) >= 11 is 0. The smallest absolute Gasteiger partial charge is 0.168 e. The van der Waals surface area contributed by atoms with Gasteiger partial charge in [0.1, 0.15) is 11.6 Å². The topological polar surface area (TPSA) is 112 Å². The van der Waals surface area contributed by atoms with Gasteiger partial charge in [-0.3, -0.25) is 15.2 Å². The Kier molecular flexibility index (Phi) is 9.11. The third-order valence-electron chi connectivity index (χ3n) is 8.87. The van der Waals surface area contributed by atoms with E-state index in [-0.39, 0.29) is 30.1 Å². The molecule has 0 radical (unpaired) electrons. The highest BCUT2D eigenvalue weighted by Gasteiger charge is 2.32. The van der Waals surface area contributed by atoms with Crippen LogP contribution in [0.25, 0.3) is 11.6 Å². The first-order chi connectivity index (χ1) is 20.8. The Morgan fingerprint density at radius 3 is 2.65 bits per heavy atom. The molecule has 1 atom stereocenters. The van der Waals surface area contributed by atoms with Gasteiger partial charge in [-0.25, -0.2) is 4.39 Å². The molecule has 5 rings (SSSR count). The van der Waals surface area contributed by atoms with Gasteiger partial charge in [0.15, 0.2) is 5.78 Å². The number of carbonyl (C=O) groups excluding carboxylic acids is 1.